The van der Waals surface area contributed by atoms with Crippen LogP contribution in [0.15, 0.2) is 11.8 Å². The lowest BCUT2D eigenvalue weighted by Crippen LogP contribution is -2.32. The Bertz CT molecular complexity index is 158. The van der Waals surface area contributed by atoms with Gasteiger partial charge < -0.3 is 10.2 Å². The maximum atomic E-state index is 3.49. The fourth-order valence-electron chi connectivity index (χ4n) is 1.54. The van der Waals surface area contributed by atoms with Gasteiger partial charge in [-0.3, -0.25) is 0 Å². The van der Waals surface area contributed by atoms with Crippen molar-refractivity contribution in [2.75, 3.05) is 26.2 Å². The van der Waals surface area contributed by atoms with Crippen molar-refractivity contribution < 1.29 is 0 Å². The minimum absolute atomic E-state index is 0.608. The molecule has 0 aliphatic rings. The topological polar surface area (TPSA) is 15.3 Å². The van der Waals surface area contributed by atoms with Crippen molar-refractivity contribution in [2.24, 2.45) is 5.92 Å². The Morgan fingerprint density at radius 3 is 2.21 bits per heavy atom. The first kappa shape index (κ1) is 13.5. The second-order valence-electron chi connectivity index (χ2n) is 3.85. The Labute approximate surface area is 89.4 Å². The smallest absolute Gasteiger partial charge is 0.0271 e. The molecule has 0 amide bonds. The molecule has 0 aromatic carbocycles. The predicted molar refractivity (Wildman–Crippen MR) is 64.4 cm³/mol. The zero-order valence-corrected chi connectivity index (χ0v) is 10.4. The van der Waals surface area contributed by atoms with E-state index in [1.807, 2.05) is 0 Å². The molecule has 1 N–H and O–H groups in total. The Hall–Kier alpha value is -0.500. The molecule has 0 radical (unpaired) electrons. The molecule has 0 fully saturated rings. The van der Waals surface area contributed by atoms with Crippen LogP contribution in [0.2, 0.25) is 0 Å². The molecule has 0 bridgehead atoms. The van der Waals surface area contributed by atoms with Crippen LogP contribution < -0.4 is 5.32 Å². The molecule has 0 heterocycles. The Balaban J connectivity index is 3.71. The van der Waals surface area contributed by atoms with E-state index < -0.39 is 0 Å². The van der Waals surface area contributed by atoms with E-state index in [0.717, 1.165) is 26.2 Å². The maximum Gasteiger partial charge on any atom is 0.0271 e. The van der Waals surface area contributed by atoms with Crippen molar-refractivity contribution in [1.82, 2.24) is 10.2 Å². The molecule has 0 aromatic heterocycles. The SMILES string of the molecule is C/C=C(\NCCN(CC)CC)C(C)C. The van der Waals surface area contributed by atoms with E-state index in [1.54, 1.807) is 0 Å². The van der Waals surface area contributed by atoms with E-state index in [9.17, 15) is 0 Å². The fourth-order valence-corrected chi connectivity index (χ4v) is 1.54. The van der Waals surface area contributed by atoms with Crippen LogP contribution in [-0.2, 0) is 0 Å². The van der Waals surface area contributed by atoms with Crippen LogP contribution in [0.3, 0.4) is 0 Å². The van der Waals surface area contributed by atoms with Crippen molar-refractivity contribution in [2.45, 2.75) is 34.6 Å². The summed E-state index contributed by atoms with van der Waals surface area (Å²) in [7, 11) is 0. The fraction of sp³-hybridized carbons (Fsp3) is 0.833. The monoisotopic (exact) mass is 198 g/mol. The normalized spacial score (nSPS) is 12.6. The van der Waals surface area contributed by atoms with Crippen molar-refractivity contribution in [3.05, 3.63) is 11.8 Å². The largest absolute Gasteiger partial charge is 0.387 e. The van der Waals surface area contributed by atoms with Gasteiger partial charge in [0.1, 0.15) is 0 Å². The van der Waals surface area contributed by atoms with E-state index in [4.69, 9.17) is 0 Å². The first-order valence-electron chi connectivity index (χ1n) is 5.78. The quantitative estimate of drug-likeness (QED) is 0.676. The van der Waals surface area contributed by atoms with Crippen LogP contribution >= 0.6 is 0 Å². The molecule has 0 saturated carbocycles. The summed E-state index contributed by atoms with van der Waals surface area (Å²) in [6.07, 6.45) is 2.17. The standard InChI is InChI=1S/C12H26N2/c1-6-12(11(4)5)13-9-10-14(7-2)8-3/h6,11,13H,7-10H2,1-5H3/b12-6-. The van der Waals surface area contributed by atoms with E-state index in [1.165, 1.54) is 5.70 Å². The van der Waals surface area contributed by atoms with E-state index >= 15 is 0 Å². The van der Waals surface area contributed by atoms with Gasteiger partial charge in [0, 0.05) is 18.8 Å². The maximum absolute atomic E-state index is 3.49. The van der Waals surface area contributed by atoms with E-state index in [-0.39, 0.29) is 0 Å². The van der Waals surface area contributed by atoms with Crippen molar-refractivity contribution in [3.63, 3.8) is 0 Å². The molecule has 14 heavy (non-hydrogen) atoms. The lowest BCUT2D eigenvalue weighted by Gasteiger charge is -2.20. The molecule has 0 aliphatic carbocycles. The summed E-state index contributed by atoms with van der Waals surface area (Å²) in [5.41, 5.74) is 1.36. The Morgan fingerprint density at radius 1 is 1.29 bits per heavy atom. The summed E-state index contributed by atoms with van der Waals surface area (Å²) in [6, 6.07) is 0. The number of hydrogen-bond donors (Lipinski definition) is 1. The number of nitrogens with zero attached hydrogens (tertiary/aromatic N) is 1. The molecular formula is C12H26N2. The number of likely N-dealkylation sites (N-methyl/N-ethyl adjacent to an activating group) is 1. The van der Waals surface area contributed by atoms with Crippen LogP contribution in [0.25, 0.3) is 0 Å². The van der Waals surface area contributed by atoms with Crippen LogP contribution in [0.4, 0.5) is 0 Å². The predicted octanol–water partition coefficient (Wildman–Crippen LogP) is 2.48. The van der Waals surface area contributed by atoms with Gasteiger partial charge in [-0.05, 0) is 25.9 Å². The summed E-state index contributed by atoms with van der Waals surface area (Å²) in [5, 5.41) is 3.49. The third kappa shape index (κ3) is 5.28. The first-order chi connectivity index (χ1) is 6.65. The zero-order chi connectivity index (χ0) is 11.0. The third-order valence-corrected chi connectivity index (χ3v) is 2.58. The summed E-state index contributed by atoms with van der Waals surface area (Å²) in [6.45, 7) is 15.4. The van der Waals surface area contributed by atoms with Gasteiger partial charge in [-0.15, -0.1) is 0 Å². The molecule has 0 unspecified atom stereocenters. The van der Waals surface area contributed by atoms with Gasteiger partial charge in [0.05, 0.1) is 0 Å². The summed E-state index contributed by atoms with van der Waals surface area (Å²) < 4.78 is 0. The molecule has 0 rings (SSSR count). The summed E-state index contributed by atoms with van der Waals surface area (Å²) in [4.78, 5) is 2.43. The Kier molecular flexibility index (Phi) is 7.58. The average molecular weight is 198 g/mol. The van der Waals surface area contributed by atoms with Gasteiger partial charge in [-0.2, -0.15) is 0 Å². The number of hydrogen-bond acceptors (Lipinski definition) is 2. The Morgan fingerprint density at radius 2 is 1.86 bits per heavy atom. The van der Waals surface area contributed by atoms with Crippen LogP contribution in [-0.4, -0.2) is 31.1 Å². The highest BCUT2D eigenvalue weighted by Crippen LogP contribution is 2.04. The average Bonchev–Trinajstić information content (AvgIpc) is 2.18. The van der Waals surface area contributed by atoms with Gasteiger partial charge in [-0.25, -0.2) is 0 Å². The molecule has 0 aliphatic heterocycles. The zero-order valence-electron chi connectivity index (χ0n) is 10.4. The summed E-state index contributed by atoms with van der Waals surface area (Å²) in [5.74, 6) is 0.608. The van der Waals surface area contributed by atoms with Gasteiger partial charge in [0.15, 0.2) is 0 Å². The highest BCUT2D eigenvalue weighted by atomic mass is 15.1. The molecule has 0 saturated heterocycles. The van der Waals surface area contributed by atoms with Crippen molar-refractivity contribution in [1.29, 1.82) is 0 Å². The highest BCUT2D eigenvalue weighted by molar-refractivity contribution is 5.00. The molecule has 0 atom stereocenters. The molecule has 2 heteroatoms. The second-order valence-corrected chi connectivity index (χ2v) is 3.85. The van der Waals surface area contributed by atoms with Gasteiger partial charge >= 0.3 is 0 Å². The van der Waals surface area contributed by atoms with Crippen molar-refractivity contribution in [3.8, 4) is 0 Å². The van der Waals surface area contributed by atoms with Gasteiger partial charge in [0.25, 0.3) is 0 Å². The lowest BCUT2D eigenvalue weighted by atomic mass is 10.1. The van der Waals surface area contributed by atoms with Crippen LogP contribution in [0, 0.1) is 5.92 Å². The number of allylic oxidation sites excluding steroid dienone is 2. The third-order valence-electron chi connectivity index (χ3n) is 2.58. The molecule has 84 valence electrons. The molecule has 0 spiro atoms. The van der Waals surface area contributed by atoms with Gasteiger partial charge in [-0.1, -0.05) is 33.8 Å². The van der Waals surface area contributed by atoms with Crippen LogP contribution in [0.1, 0.15) is 34.6 Å². The highest BCUT2D eigenvalue weighted by Gasteiger charge is 2.02. The minimum atomic E-state index is 0.608. The van der Waals surface area contributed by atoms with Crippen LogP contribution in [0.5, 0.6) is 0 Å². The molecule has 0 aromatic rings. The van der Waals surface area contributed by atoms with E-state index in [2.05, 4.69) is 50.9 Å². The summed E-state index contributed by atoms with van der Waals surface area (Å²) >= 11 is 0. The first-order valence-corrected chi connectivity index (χ1v) is 5.78. The molecule has 2 nitrogen and oxygen atoms in total. The number of nitrogens with one attached hydrogen (secondary N) is 1. The second kappa shape index (κ2) is 7.86. The van der Waals surface area contributed by atoms with Crippen molar-refractivity contribution >= 4 is 0 Å². The van der Waals surface area contributed by atoms with E-state index in [0.29, 0.717) is 5.92 Å². The molecular weight excluding hydrogens is 172 g/mol. The van der Waals surface area contributed by atoms with Gasteiger partial charge in [0.2, 0.25) is 0 Å². The number of rotatable bonds is 7. The minimum Gasteiger partial charge on any atom is -0.387 e. The lowest BCUT2D eigenvalue weighted by molar-refractivity contribution is 0.304.